The van der Waals surface area contributed by atoms with Crippen LogP contribution >= 0.6 is 0 Å². The number of hydrogen-bond acceptors (Lipinski definition) is 5. The molecular formula is C19H24N4O2. The zero-order valence-corrected chi connectivity index (χ0v) is 14.4. The Morgan fingerprint density at radius 2 is 2.16 bits per heavy atom. The molecule has 4 rings (SSSR count). The zero-order valence-electron chi connectivity index (χ0n) is 14.4. The first-order valence-corrected chi connectivity index (χ1v) is 9.10. The van der Waals surface area contributed by atoms with Crippen LogP contribution in [0.3, 0.4) is 0 Å². The summed E-state index contributed by atoms with van der Waals surface area (Å²) in [4.78, 5) is 26.4. The monoisotopic (exact) mass is 340 g/mol. The van der Waals surface area contributed by atoms with Crippen LogP contribution in [-0.2, 0) is 4.74 Å². The van der Waals surface area contributed by atoms with Gasteiger partial charge in [0.2, 0.25) is 0 Å². The van der Waals surface area contributed by atoms with E-state index in [0.29, 0.717) is 5.92 Å². The third-order valence-corrected chi connectivity index (χ3v) is 5.17. The number of pyridine rings is 1. The van der Waals surface area contributed by atoms with E-state index in [9.17, 15) is 4.79 Å². The third kappa shape index (κ3) is 3.96. The molecule has 132 valence electrons. The van der Waals surface area contributed by atoms with Gasteiger partial charge in [-0.05, 0) is 43.9 Å². The van der Waals surface area contributed by atoms with E-state index in [1.807, 2.05) is 12.1 Å². The average Bonchev–Trinajstić information content (AvgIpc) is 3.15. The summed E-state index contributed by atoms with van der Waals surface area (Å²) in [6.45, 7) is 4.95. The lowest BCUT2D eigenvalue weighted by Gasteiger charge is -2.33. The molecule has 6 heteroatoms. The molecule has 4 heterocycles. The van der Waals surface area contributed by atoms with Crippen molar-refractivity contribution in [3.8, 4) is 11.3 Å². The van der Waals surface area contributed by atoms with Crippen LogP contribution in [0.25, 0.3) is 11.3 Å². The molecule has 2 unspecified atom stereocenters. The lowest BCUT2D eigenvalue weighted by molar-refractivity contribution is 0.149. The minimum atomic E-state index is -0.0851. The lowest BCUT2D eigenvalue weighted by atomic mass is 9.95. The molecule has 2 aliphatic heterocycles. The summed E-state index contributed by atoms with van der Waals surface area (Å²) in [7, 11) is 0. The van der Waals surface area contributed by atoms with Crippen LogP contribution in [0.1, 0.15) is 31.0 Å². The van der Waals surface area contributed by atoms with Crippen molar-refractivity contribution < 1.29 is 4.74 Å². The standard InChI is InChI=1S/C19H24N4O2/c24-18-10-17(15-3-6-20-7-4-15)21-19(22-18)16-2-1-8-23(12-16)11-14-5-9-25-13-14/h3-4,6-7,10,14,16H,1-2,5,8-9,11-13H2,(H,21,22,24). The van der Waals surface area contributed by atoms with Gasteiger partial charge in [0.15, 0.2) is 0 Å². The van der Waals surface area contributed by atoms with Crippen molar-refractivity contribution in [3.05, 3.63) is 46.8 Å². The van der Waals surface area contributed by atoms with Gasteiger partial charge >= 0.3 is 0 Å². The number of piperidine rings is 1. The summed E-state index contributed by atoms with van der Waals surface area (Å²) in [6.07, 6.45) is 6.82. The molecule has 2 aromatic heterocycles. The molecule has 25 heavy (non-hydrogen) atoms. The highest BCUT2D eigenvalue weighted by Crippen LogP contribution is 2.27. The Labute approximate surface area is 147 Å². The minimum absolute atomic E-state index is 0.0851. The molecule has 2 aromatic rings. The predicted octanol–water partition coefficient (Wildman–Crippen LogP) is 2.05. The first-order chi connectivity index (χ1) is 12.3. The maximum absolute atomic E-state index is 12.1. The Balaban J connectivity index is 1.52. The summed E-state index contributed by atoms with van der Waals surface area (Å²) in [5.74, 6) is 1.74. The summed E-state index contributed by atoms with van der Waals surface area (Å²) in [6, 6.07) is 5.34. The fourth-order valence-corrected chi connectivity index (χ4v) is 3.88. The van der Waals surface area contributed by atoms with Crippen molar-refractivity contribution in [2.45, 2.75) is 25.2 Å². The van der Waals surface area contributed by atoms with Crippen LogP contribution in [-0.4, -0.2) is 52.7 Å². The highest BCUT2D eigenvalue weighted by atomic mass is 16.5. The van der Waals surface area contributed by atoms with Crippen molar-refractivity contribution >= 4 is 0 Å². The van der Waals surface area contributed by atoms with Gasteiger partial charge < -0.3 is 14.6 Å². The second-order valence-electron chi connectivity index (χ2n) is 7.08. The molecular weight excluding hydrogens is 316 g/mol. The zero-order chi connectivity index (χ0) is 17.1. The Hall–Kier alpha value is -2.05. The number of rotatable bonds is 4. The topological polar surface area (TPSA) is 71.1 Å². The second-order valence-corrected chi connectivity index (χ2v) is 7.08. The largest absolute Gasteiger partial charge is 0.381 e. The van der Waals surface area contributed by atoms with Crippen LogP contribution in [0.4, 0.5) is 0 Å². The molecule has 2 atom stereocenters. The smallest absolute Gasteiger partial charge is 0.251 e. The number of ether oxygens (including phenoxy) is 1. The Bertz CT molecular complexity index is 756. The van der Waals surface area contributed by atoms with Gasteiger partial charge in [0, 0.05) is 49.6 Å². The maximum atomic E-state index is 12.1. The van der Waals surface area contributed by atoms with Crippen LogP contribution in [0, 0.1) is 5.92 Å². The van der Waals surface area contributed by atoms with E-state index in [0.717, 1.165) is 69.2 Å². The molecule has 1 N–H and O–H groups in total. The van der Waals surface area contributed by atoms with Crippen LogP contribution in [0.15, 0.2) is 35.4 Å². The maximum Gasteiger partial charge on any atom is 0.251 e. The molecule has 0 bridgehead atoms. The molecule has 0 aromatic carbocycles. The van der Waals surface area contributed by atoms with E-state index >= 15 is 0 Å². The first-order valence-electron chi connectivity index (χ1n) is 9.10. The number of aromatic amines is 1. The minimum Gasteiger partial charge on any atom is -0.381 e. The van der Waals surface area contributed by atoms with E-state index in [1.165, 1.54) is 0 Å². The Morgan fingerprint density at radius 1 is 1.28 bits per heavy atom. The molecule has 2 saturated heterocycles. The number of likely N-dealkylation sites (tertiary alicyclic amines) is 1. The number of aromatic nitrogens is 3. The first kappa shape index (κ1) is 16.4. The quantitative estimate of drug-likeness (QED) is 0.922. The van der Waals surface area contributed by atoms with E-state index < -0.39 is 0 Å². The van der Waals surface area contributed by atoms with Crippen molar-refractivity contribution in [1.29, 1.82) is 0 Å². The summed E-state index contributed by atoms with van der Waals surface area (Å²) in [5.41, 5.74) is 1.57. The number of nitrogens with zero attached hydrogens (tertiary/aromatic N) is 3. The Kier molecular flexibility index (Phi) is 4.90. The predicted molar refractivity (Wildman–Crippen MR) is 95.4 cm³/mol. The van der Waals surface area contributed by atoms with Gasteiger partial charge in [-0.15, -0.1) is 0 Å². The highest BCUT2D eigenvalue weighted by Gasteiger charge is 2.26. The molecule has 2 aliphatic rings. The van der Waals surface area contributed by atoms with Gasteiger partial charge in [0.1, 0.15) is 5.82 Å². The van der Waals surface area contributed by atoms with Crippen LogP contribution in [0.2, 0.25) is 0 Å². The van der Waals surface area contributed by atoms with Gasteiger partial charge in [-0.3, -0.25) is 9.78 Å². The van der Waals surface area contributed by atoms with E-state index in [4.69, 9.17) is 9.72 Å². The average molecular weight is 340 g/mol. The molecule has 2 fully saturated rings. The molecule has 0 radical (unpaired) electrons. The number of hydrogen-bond donors (Lipinski definition) is 1. The van der Waals surface area contributed by atoms with Gasteiger partial charge in [-0.25, -0.2) is 4.98 Å². The normalized spacial score (nSPS) is 24.5. The van der Waals surface area contributed by atoms with E-state index in [-0.39, 0.29) is 11.5 Å². The lowest BCUT2D eigenvalue weighted by Crippen LogP contribution is -2.38. The highest BCUT2D eigenvalue weighted by molar-refractivity contribution is 5.57. The van der Waals surface area contributed by atoms with Gasteiger partial charge in [-0.1, -0.05) is 0 Å². The molecule has 0 amide bonds. The Morgan fingerprint density at radius 3 is 2.96 bits per heavy atom. The molecule has 6 nitrogen and oxygen atoms in total. The van der Waals surface area contributed by atoms with Gasteiger partial charge in [0.05, 0.1) is 12.3 Å². The van der Waals surface area contributed by atoms with E-state index in [2.05, 4.69) is 14.9 Å². The third-order valence-electron chi connectivity index (χ3n) is 5.17. The van der Waals surface area contributed by atoms with Crippen LogP contribution < -0.4 is 5.56 Å². The fourth-order valence-electron chi connectivity index (χ4n) is 3.88. The molecule has 0 saturated carbocycles. The fraction of sp³-hybridized carbons (Fsp3) is 0.526. The SMILES string of the molecule is O=c1cc(-c2ccncc2)nc(C2CCCN(CC3CCOC3)C2)[nH]1. The number of H-pyrrole nitrogens is 1. The number of nitrogens with one attached hydrogen (secondary N) is 1. The second kappa shape index (κ2) is 7.45. The summed E-state index contributed by atoms with van der Waals surface area (Å²) >= 11 is 0. The molecule has 0 aliphatic carbocycles. The summed E-state index contributed by atoms with van der Waals surface area (Å²) in [5, 5.41) is 0. The van der Waals surface area contributed by atoms with Crippen molar-refractivity contribution in [1.82, 2.24) is 19.9 Å². The van der Waals surface area contributed by atoms with E-state index in [1.54, 1.807) is 18.5 Å². The van der Waals surface area contributed by atoms with Gasteiger partial charge in [0.25, 0.3) is 5.56 Å². The summed E-state index contributed by atoms with van der Waals surface area (Å²) < 4.78 is 5.50. The van der Waals surface area contributed by atoms with Crippen molar-refractivity contribution in [2.24, 2.45) is 5.92 Å². The molecule has 0 spiro atoms. The van der Waals surface area contributed by atoms with Crippen molar-refractivity contribution in [2.75, 3.05) is 32.8 Å². The van der Waals surface area contributed by atoms with Crippen LogP contribution in [0.5, 0.6) is 0 Å². The van der Waals surface area contributed by atoms with Gasteiger partial charge in [-0.2, -0.15) is 0 Å². The van der Waals surface area contributed by atoms with Crippen molar-refractivity contribution in [3.63, 3.8) is 0 Å².